The molecule has 0 saturated heterocycles. The van der Waals surface area contributed by atoms with E-state index in [0.717, 1.165) is 11.4 Å². The maximum absolute atomic E-state index is 12.6. The van der Waals surface area contributed by atoms with Crippen LogP contribution in [-0.2, 0) is 11.3 Å². The van der Waals surface area contributed by atoms with Crippen LogP contribution >= 0.6 is 11.3 Å². The molecule has 1 N–H and O–H groups in total. The number of hydrogen-bond donors (Lipinski definition) is 1. The van der Waals surface area contributed by atoms with Crippen LogP contribution in [0.15, 0.2) is 6.20 Å². The van der Waals surface area contributed by atoms with E-state index in [1.807, 2.05) is 13.8 Å². The summed E-state index contributed by atoms with van der Waals surface area (Å²) in [5.74, 6) is -4.11. The second-order valence-electron chi connectivity index (χ2n) is 3.99. The smallest absolute Gasteiger partial charge is 0.330 e. The van der Waals surface area contributed by atoms with Gasteiger partial charge >= 0.3 is 12.3 Å². The van der Waals surface area contributed by atoms with Crippen LogP contribution in [-0.4, -0.2) is 30.5 Å². The van der Waals surface area contributed by atoms with E-state index in [-0.39, 0.29) is 12.6 Å². The van der Waals surface area contributed by atoms with Crippen molar-refractivity contribution < 1.29 is 22.3 Å². The first-order valence-electron chi connectivity index (χ1n) is 5.78. The molecule has 0 aliphatic rings. The third-order valence-corrected chi connectivity index (χ3v) is 3.50. The first-order chi connectivity index (χ1) is 8.86. The molecule has 3 nitrogen and oxygen atoms in total. The number of nitrogens with one attached hydrogen (secondary N) is 1. The molecular formula is C11H16F4N2OS. The Morgan fingerprint density at radius 1 is 1.47 bits per heavy atom. The van der Waals surface area contributed by atoms with E-state index in [1.54, 1.807) is 6.20 Å². The van der Waals surface area contributed by atoms with Gasteiger partial charge in [0.05, 0.1) is 6.61 Å². The molecule has 0 radical (unpaired) electrons. The van der Waals surface area contributed by atoms with Gasteiger partial charge in [0.1, 0.15) is 11.6 Å². The third-order valence-electron chi connectivity index (χ3n) is 2.35. The fourth-order valence-corrected chi connectivity index (χ4v) is 2.22. The topological polar surface area (TPSA) is 34.2 Å². The summed E-state index contributed by atoms with van der Waals surface area (Å²) in [6.45, 7) is 3.22. The summed E-state index contributed by atoms with van der Waals surface area (Å²) in [7, 11) is 0. The highest BCUT2D eigenvalue weighted by molar-refractivity contribution is 7.11. The fraction of sp³-hybridized carbons (Fsp3) is 0.727. The number of aromatic nitrogens is 1. The number of nitrogens with zero attached hydrogens (tertiary/aromatic N) is 1. The van der Waals surface area contributed by atoms with Gasteiger partial charge in [-0.1, -0.05) is 6.92 Å². The summed E-state index contributed by atoms with van der Waals surface area (Å²) in [5.41, 5.74) is 0. The number of alkyl halides is 4. The second-order valence-corrected chi connectivity index (χ2v) is 5.14. The minimum Gasteiger partial charge on any atom is -0.368 e. The van der Waals surface area contributed by atoms with Crippen LogP contribution in [0.2, 0.25) is 0 Å². The molecule has 1 aromatic rings. The lowest BCUT2D eigenvalue weighted by Gasteiger charge is -2.14. The van der Waals surface area contributed by atoms with Gasteiger partial charge in [-0.2, -0.15) is 8.78 Å². The monoisotopic (exact) mass is 300 g/mol. The normalized spacial score (nSPS) is 14.1. The molecule has 0 saturated carbocycles. The quantitative estimate of drug-likeness (QED) is 0.748. The molecule has 0 aliphatic heterocycles. The highest BCUT2D eigenvalue weighted by Crippen LogP contribution is 2.25. The Kier molecular flexibility index (Phi) is 6.15. The lowest BCUT2D eigenvalue weighted by atomic mass is 10.3. The molecule has 0 aliphatic carbocycles. The van der Waals surface area contributed by atoms with Crippen LogP contribution in [0.5, 0.6) is 0 Å². The Hall–Kier alpha value is -0.730. The van der Waals surface area contributed by atoms with Gasteiger partial charge in [-0.25, -0.2) is 13.8 Å². The summed E-state index contributed by atoms with van der Waals surface area (Å²) < 4.78 is 53.5. The summed E-state index contributed by atoms with van der Waals surface area (Å²) >= 11 is 1.31. The average molecular weight is 300 g/mol. The minimum absolute atomic E-state index is 0.110. The van der Waals surface area contributed by atoms with Crippen molar-refractivity contribution in [3.8, 4) is 0 Å². The van der Waals surface area contributed by atoms with Crippen molar-refractivity contribution in [2.24, 2.45) is 0 Å². The van der Waals surface area contributed by atoms with Crippen molar-refractivity contribution in [1.82, 2.24) is 10.3 Å². The van der Waals surface area contributed by atoms with Crippen LogP contribution in [0.4, 0.5) is 17.6 Å². The van der Waals surface area contributed by atoms with Gasteiger partial charge in [-0.05, 0) is 13.5 Å². The summed E-state index contributed by atoms with van der Waals surface area (Å²) in [6.07, 6.45) is -2.09. The Morgan fingerprint density at radius 2 is 2.16 bits per heavy atom. The molecule has 0 bridgehead atoms. The van der Waals surface area contributed by atoms with Crippen LogP contribution in [0.25, 0.3) is 0 Å². The Morgan fingerprint density at radius 3 is 2.74 bits per heavy atom. The molecule has 1 atom stereocenters. The van der Waals surface area contributed by atoms with Crippen LogP contribution in [0, 0.1) is 0 Å². The number of hydrogen-bond acceptors (Lipinski definition) is 4. The lowest BCUT2D eigenvalue weighted by molar-refractivity contribution is -0.168. The van der Waals surface area contributed by atoms with Crippen LogP contribution < -0.4 is 5.32 Å². The van der Waals surface area contributed by atoms with E-state index in [4.69, 9.17) is 0 Å². The molecule has 0 amide bonds. The number of thiazole rings is 1. The summed E-state index contributed by atoms with van der Waals surface area (Å²) in [6, 6.07) is 0.110. The maximum Gasteiger partial charge on any atom is 0.330 e. The van der Waals surface area contributed by atoms with Crippen LogP contribution in [0.3, 0.4) is 0 Å². The van der Waals surface area contributed by atoms with Gasteiger partial charge in [0.2, 0.25) is 0 Å². The van der Waals surface area contributed by atoms with E-state index in [0.29, 0.717) is 5.01 Å². The Balaban J connectivity index is 2.42. The molecule has 1 unspecified atom stereocenters. The van der Waals surface area contributed by atoms with Crippen molar-refractivity contribution in [2.75, 3.05) is 13.2 Å². The van der Waals surface area contributed by atoms with E-state index >= 15 is 0 Å². The number of rotatable bonds is 8. The SMILES string of the molecule is CCNC(C)c1cnc(COCC(F)(F)C(F)F)s1. The summed E-state index contributed by atoms with van der Waals surface area (Å²) in [4.78, 5) is 4.95. The van der Waals surface area contributed by atoms with Gasteiger partial charge in [0, 0.05) is 17.1 Å². The third kappa shape index (κ3) is 5.04. The predicted octanol–water partition coefficient (Wildman–Crippen LogP) is 3.23. The Labute approximate surface area is 113 Å². The molecule has 8 heteroatoms. The zero-order valence-electron chi connectivity index (χ0n) is 10.6. The van der Waals surface area contributed by atoms with Crippen molar-refractivity contribution in [2.45, 2.75) is 38.8 Å². The summed E-state index contributed by atoms with van der Waals surface area (Å²) in [5, 5.41) is 3.67. The van der Waals surface area contributed by atoms with Gasteiger partial charge in [0.15, 0.2) is 0 Å². The zero-order valence-corrected chi connectivity index (χ0v) is 11.4. The molecule has 0 aromatic carbocycles. The van der Waals surface area contributed by atoms with Gasteiger partial charge in [0.25, 0.3) is 0 Å². The van der Waals surface area contributed by atoms with Gasteiger partial charge in [-0.3, -0.25) is 0 Å². The highest BCUT2D eigenvalue weighted by atomic mass is 32.1. The maximum atomic E-state index is 12.6. The Bertz CT molecular complexity index is 387. The molecular weight excluding hydrogens is 284 g/mol. The molecule has 1 aromatic heterocycles. The predicted molar refractivity (Wildman–Crippen MR) is 64.8 cm³/mol. The van der Waals surface area contributed by atoms with E-state index in [2.05, 4.69) is 15.0 Å². The molecule has 1 rings (SSSR count). The molecule has 0 spiro atoms. The van der Waals surface area contributed by atoms with E-state index in [1.165, 1.54) is 11.3 Å². The largest absolute Gasteiger partial charge is 0.368 e. The standard InChI is InChI=1S/C11H16F4N2OS/c1-3-16-7(2)8-4-17-9(19-8)5-18-6-11(14,15)10(12)13/h4,7,10,16H,3,5-6H2,1-2H3. The van der Waals surface area contributed by atoms with E-state index < -0.39 is 19.0 Å². The zero-order chi connectivity index (χ0) is 14.5. The van der Waals surface area contributed by atoms with Crippen molar-refractivity contribution in [3.63, 3.8) is 0 Å². The molecule has 110 valence electrons. The molecule has 19 heavy (non-hydrogen) atoms. The second kappa shape index (κ2) is 7.16. The van der Waals surface area contributed by atoms with E-state index in [9.17, 15) is 17.6 Å². The van der Waals surface area contributed by atoms with Crippen LogP contribution in [0.1, 0.15) is 29.8 Å². The average Bonchev–Trinajstić information content (AvgIpc) is 2.77. The van der Waals surface area contributed by atoms with Gasteiger partial charge in [-0.15, -0.1) is 11.3 Å². The van der Waals surface area contributed by atoms with Gasteiger partial charge < -0.3 is 10.1 Å². The first kappa shape index (κ1) is 16.3. The molecule has 1 heterocycles. The lowest BCUT2D eigenvalue weighted by Crippen LogP contribution is -2.32. The number of halogens is 4. The van der Waals surface area contributed by atoms with Crippen molar-refractivity contribution >= 4 is 11.3 Å². The fourth-order valence-electron chi connectivity index (χ4n) is 1.34. The highest BCUT2D eigenvalue weighted by Gasteiger charge is 2.40. The molecule has 0 fully saturated rings. The first-order valence-corrected chi connectivity index (χ1v) is 6.60. The van der Waals surface area contributed by atoms with Crippen molar-refractivity contribution in [3.05, 3.63) is 16.1 Å². The minimum atomic E-state index is -4.11. The number of ether oxygens (including phenoxy) is 1. The van der Waals surface area contributed by atoms with Crippen molar-refractivity contribution in [1.29, 1.82) is 0 Å².